The van der Waals surface area contributed by atoms with Gasteiger partial charge in [0.05, 0.1) is 0 Å². The zero-order valence-corrected chi connectivity index (χ0v) is 13.4. The van der Waals surface area contributed by atoms with Gasteiger partial charge in [0.25, 0.3) is 0 Å². The summed E-state index contributed by atoms with van der Waals surface area (Å²) in [7, 11) is 2.00. The van der Waals surface area contributed by atoms with E-state index in [0.717, 1.165) is 29.9 Å². The minimum absolute atomic E-state index is 0.251. The van der Waals surface area contributed by atoms with Gasteiger partial charge in [-0.25, -0.2) is 9.97 Å². The van der Waals surface area contributed by atoms with Crippen LogP contribution in [-0.2, 0) is 6.42 Å². The fourth-order valence-electron chi connectivity index (χ4n) is 3.07. The first-order chi connectivity index (χ1) is 9.98. The summed E-state index contributed by atoms with van der Waals surface area (Å²) >= 11 is 6.06. The van der Waals surface area contributed by atoms with Crippen molar-refractivity contribution >= 4 is 11.6 Å². The number of halogens is 1. The lowest BCUT2D eigenvalue weighted by atomic mass is 9.74. The molecule has 1 unspecified atom stereocenters. The monoisotopic (exact) mass is 301 g/mol. The summed E-state index contributed by atoms with van der Waals surface area (Å²) in [5.41, 5.74) is 3.59. The molecule has 0 spiro atoms. The van der Waals surface area contributed by atoms with Crippen molar-refractivity contribution < 1.29 is 0 Å². The van der Waals surface area contributed by atoms with Gasteiger partial charge in [-0.2, -0.15) is 0 Å². The van der Waals surface area contributed by atoms with Crippen molar-refractivity contribution in [2.24, 2.45) is 5.41 Å². The number of benzene rings is 1. The largest absolute Gasteiger partial charge is 0.313 e. The minimum Gasteiger partial charge on any atom is -0.313 e. The van der Waals surface area contributed by atoms with Crippen LogP contribution in [0.4, 0.5) is 0 Å². The molecule has 4 heteroatoms. The molecule has 0 saturated carbocycles. The molecule has 1 atom stereocenters. The van der Waals surface area contributed by atoms with E-state index in [4.69, 9.17) is 16.6 Å². The van der Waals surface area contributed by atoms with Crippen molar-refractivity contribution in [2.45, 2.75) is 32.7 Å². The van der Waals surface area contributed by atoms with Gasteiger partial charge in [-0.15, -0.1) is 0 Å². The van der Waals surface area contributed by atoms with E-state index in [1.165, 1.54) is 5.56 Å². The SMILES string of the molecule is CNC1CC(C)(C)Cc2nc(-c3cccc(Cl)c3)ncc21. The van der Waals surface area contributed by atoms with E-state index < -0.39 is 0 Å². The van der Waals surface area contributed by atoms with Crippen LogP contribution < -0.4 is 5.32 Å². The Kier molecular flexibility index (Phi) is 3.72. The number of fused-ring (bicyclic) bond motifs is 1. The number of hydrogen-bond donors (Lipinski definition) is 1. The maximum absolute atomic E-state index is 6.06. The molecule has 3 nitrogen and oxygen atoms in total. The number of rotatable bonds is 2. The highest BCUT2D eigenvalue weighted by Gasteiger charge is 2.32. The van der Waals surface area contributed by atoms with Gasteiger partial charge in [0.1, 0.15) is 0 Å². The quantitative estimate of drug-likeness (QED) is 0.910. The van der Waals surface area contributed by atoms with E-state index in [-0.39, 0.29) is 5.41 Å². The molecular formula is C17H20ClN3. The first-order valence-corrected chi connectivity index (χ1v) is 7.65. The summed E-state index contributed by atoms with van der Waals surface area (Å²) < 4.78 is 0. The zero-order valence-electron chi connectivity index (χ0n) is 12.7. The predicted molar refractivity (Wildman–Crippen MR) is 86.4 cm³/mol. The Hall–Kier alpha value is -1.45. The Labute approximate surface area is 130 Å². The zero-order chi connectivity index (χ0) is 15.0. The van der Waals surface area contributed by atoms with E-state index in [2.05, 4.69) is 24.1 Å². The molecule has 0 aliphatic heterocycles. The van der Waals surface area contributed by atoms with Crippen LogP contribution in [0.15, 0.2) is 30.5 Å². The first kappa shape index (κ1) is 14.5. The average molecular weight is 302 g/mol. The molecule has 1 aliphatic rings. The van der Waals surface area contributed by atoms with Crippen LogP contribution in [0.25, 0.3) is 11.4 Å². The van der Waals surface area contributed by atoms with E-state index in [1.54, 1.807) is 0 Å². The smallest absolute Gasteiger partial charge is 0.159 e. The second-order valence-corrected chi connectivity index (χ2v) is 6.93. The Morgan fingerprint density at radius 2 is 2.14 bits per heavy atom. The van der Waals surface area contributed by atoms with Gasteiger partial charge in [0, 0.05) is 34.1 Å². The van der Waals surface area contributed by atoms with Gasteiger partial charge in [0.2, 0.25) is 0 Å². The minimum atomic E-state index is 0.251. The molecule has 1 N–H and O–H groups in total. The summed E-state index contributed by atoms with van der Waals surface area (Å²) in [6.45, 7) is 4.59. The molecule has 110 valence electrons. The summed E-state index contributed by atoms with van der Waals surface area (Å²) in [6.07, 6.45) is 4.06. The lowest BCUT2D eigenvalue weighted by Crippen LogP contribution is -2.32. The predicted octanol–water partition coefficient (Wildman–Crippen LogP) is 4.03. The lowest BCUT2D eigenvalue weighted by Gasteiger charge is -2.36. The molecule has 1 aromatic carbocycles. The third kappa shape index (κ3) is 2.94. The molecule has 0 fully saturated rings. The van der Waals surface area contributed by atoms with Crippen molar-refractivity contribution in [1.82, 2.24) is 15.3 Å². The van der Waals surface area contributed by atoms with Crippen molar-refractivity contribution in [3.8, 4) is 11.4 Å². The molecular weight excluding hydrogens is 282 g/mol. The van der Waals surface area contributed by atoms with Crippen molar-refractivity contribution in [2.75, 3.05) is 7.05 Å². The molecule has 1 aromatic heterocycles. The Morgan fingerprint density at radius 1 is 1.33 bits per heavy atom. The Morgan fingerprint density at radius 3 is 2.86 bits per heavy atom. The molecule has 21 heavy (non-hydrogen) atoms. The Bertz CT molecular complexity index is 667. The normalized spacial score (nSPS) is 20.1. The maximum atomic E-state index is 6.06. The van der Waals surface area contributed by atoms with Crippen LogP contribution in [0.3, 0.4) is 0 Å². The van der Waals surface area contributed by atoms with Crippen LogP contribution in [0.1, 0.15) is 37.6 Å². The summed E-state index contributed by atoms with van der Waals surface area (Å²) in [5, 5.41) is 4.09. The van der Waals surface area contributed by atoms with E-state index in [1.807, 2.05) is 37.5 Å². The van der Waals surface area contributed by atoms with Crippen LogP contribution in [0.5, 0.6) is 0 Å². The van der Waals surface area contributed by atoms with Gasteiger partial charge in [-0.3, -0.25) is 0 Å². The second-order valence-electron chi connectivity index (χ2n) is 6.49. The molecule has 1 heterocycles. The molecule has 0 saturated heterocycles. The number of nitrogens with one attached hydrogen (secondary N) is 1. The van der Waals surface area contributed by atoms with Gasteiger partial charge < -0.3 is 5.32 Å². The summed E-state index contributed by atoms with van der Waals surface area (Å²) in [4.78, 5) is 9.35. The standard InChI is InChI=1S/C17H20ClN3/c1-17(2)8-14(19-3)13-10-20-16(21-15(13)9-17)11-5-4-6-12(18)7-11/h4-7,10,14,19H,8-9H2,1-3H3. The molecule has 0 bridgehead atoms. The van der Waals surface area contributed by atoms with Crippen molar-refractivity contribution in [3.05, 3.63) is 46.7 Å². The highest BCUT2D eigenvalue weighted by atomic mass is 35.5. The van der Waals surface area contributed by atoms with Gasteiger partial charge in [0.15, 0.2) is 5.82 Å². The maximum Gasteiger partial charge on any atom is 0.159 e. The van der Waals surface area contributed by atoms with E-state index in [9.17, 15) is 0 Å². The van der Waals surface area contributed by atoms with E-state index in [0.29, 0.717) is 11.1 Å². The Balaban J connectivity index is 2.05. The number of hydrogen-bond acceptors (Lipinski definition) is 3. The number of nitrogens with zero attached hydrogens (tertiary/aromatic N) is 2. The molecule has 2 aromatic rings. The highest BCUT2D eigenvalue weighted by Crippen LogP contribution is 2.40. The average Bonchev–Trinajstić information content (AvgIpc) is 2.44. The fraction of sp³-hybridized carbons (Fsp3) is 0.412. The second kappa shape index (κ2) is 5.39. The van der Waals surface area contributed by atoms with Crippen LogP contribution >= 0.6 is 11.6 Å². The lowest BCUT2D eigenvalue weighted by molar-refractivity contribution is 0.260. The third-order valence-electron chi connectivity index (χ3n) is 4.11. The highest BCUT2D eigenvalue weighted by molar-refractivity contribution is 6.30. The van der Waals surface area contributed by atoms with Crippen LogP contribution in [0, 0.1) is 5.41 Å². The number of aromatic nitrogens is 2. The van der Waals surface area contributed by atoms with Crippen molar-refractivity contribution in [1.29, 1.82) is 0 Å². The van der Waals surface area contributed by atoms with Gasteiger partial charge in [-0.05, 0) is 37.4 Å². The van der Waals surface area contributed by atoms with Gasteiger partial charge >= 0.3 is 0 Å². The summed E-state index contributed by atoms with van der Waals surface area (Å²) in [6, 6.07) is 8.03. The van der Waals surface area contributed by atoms with Crippen molar-refractivity contribution in [3.63, 3.8) is 0 Å². The third-order valence-corrected chi connectivity index (χ3v) is 4.34. The molecule has 3 rings (SSSR count). The summed E-state index contributed by atoms with van der Waals surface area (Å²) in [5.74, 6) is 0.754. The van der Waals surface area contributed by atoms with Gasteiger partial charge in [-0.1, -0.05) is 37.6 Å². The first-order valence-electron chi connectivity index (χ1n) is 7.27. The molecule has 0 radical (unpaired) electrons. The van der Waals surface area contributed by atoms with Crippen LogP contribution in [0.2, 0.25) is 5.02 Å². The molecule has 1 aliphatic carbocycles. The molecule has 0 amide bonds. The van der Waals surface area contributed by atoms with E-state index >= 15 is 0 Å². The fourth-order valence-corrected chi connectivity index (χ4v) is 3.26. The topological polar surface area (TPSA) is 37.8 Å². The van der Waals surface area contributed by atoms with Crippen LogP contribution in [-0.4, -0.2) is 17.0 Å².